The first kappa shape index (κ1) is 11.9. The molecule has 0 atom stereocenters. The summed E-state index contributed by atoms with van der Waals surface area (Å²) in [4.78, 5) is 26.3. The fourth-order valence-corrected chi connectivity index (χ4v) is 2.61. The zero-order valence-corrected chi connectivity index (χ0v) is 11.2. The summed E-state index contributed by atoms with van der Waals surface area (Å²) < 4.78 is 0. The van der Waals surface area contributed by atoms with Crippen LogP contribution in [0.5, 0.6) is 0 Å². The van der Waals surface area contributed by atoms with E-state index in [2.05, 4.69) is 0 Å². The minimum atomic E-state index is -0.506. The zero-order valence-electron chi connectivity index (χ0n) is 11.2. The van der Waals surface area contributed by atoms with Crippen molar-refractivity contribution in [3.8, 4) is 0 Å². The summed E-state index contributed by atoms with van der Waals surface area (Å²) in [5, 5.41) is 1.84. The molecule has 0 saturated heterocycles. The van der Waals surface area contributed by atoms with Crippen molar-refractivity contribution in [1.82, 2.24) is 4.90 Å². The number of rotatable bonds is 0. The molecule has 0 saturated carbocycles. The van der Waals surface area contributed by atoms with E-state index in [-0.39, 0.29) is 11.8 Å². The molecular formula is C16H15NO2. The van der Waals surface area contributed by atoms with E-state index in [1.807, 2.05) is 51.1 Å². The summed E-state index contributed by atoms with van der Waals surface area (Å²) in [5.74, 6) is -0.387. The molecule has 2 amide bonds. The molecule has 96 valence electrons. The maximum Gasteiger partial charge on any atom is 0.262 e. The Kier molecular flexibility index (Phi) is 2.30. The van der Waals surface area contributed by atoms with Gasteiger partial charge in [0.15, 0.2) is 0 Å². The maximum atomic E-state index is 12.6. The van der Waals surface area contributed by atoms with Crippen LogP contribution in [0.25, 0.3) is 10.8 Å². The molecule has 1 aliphatic rings. The fraction of sp³-hybridized carbons (Fsp3) is 0.250. The first-order valence-electron chi connectivity index (χ1n) is 6.32. The van der Waals surface area contributed by atoms with Crippen molar-refractivity contribution in [3.63, 3.8) is 0 Å². The molecule has 1 heterocycles. The van der Waals surface area contributed by atoms with Crippen molar-refractivity contribution >= 4 is 22.6 Å². The van der Waals surface area contributed by atoms with Crippen LogP contribution in [0.15, 0.2) is 36.4 Å². The topological polar surface area (TPSA) is 37.4 Å². The molecular weight excluding hydrogens is 238 g/mol. The number of imide groups is 1. The molecule has 0 spiro atoms. The highest BCUT2D eigenvalue weighted by Gasteiger charge is 2.42. The Bertz CT molecular complexity index is 710. The minimum absolute atomic E-state index is 0.190. The molecule has 0 unspecified atom stereocenters. The Morgan fingerprint density at radius 3 is 2.26 bits per heavy atom. The lowest BCUT2D eigenvalue weighted by Crippen LogP contribution is -2.45. The largest absolute Gasteiger partial charge is 0.269 e. The lowest BCUT2D eigenvalue weighted by Gasteiger charge is -2.29. The molecule has 2 aromatic carbocycles. The molecule has 2 aromatic rings. The quantitative estimate of drug-likeness (QED) is 0.676. The molecule has 0 N–H and O–H groups in total. The van der Waals surface area contributed by atoms with Crippen molar-refractivity contribution in [2.24, 2.45) is 0 Å². The van der Waals surface area contributed by atoms with Gasteiger partial charge in [-0.15, -0.1) is 0 Å². The van der Waals surface area contributed by atoms with Crippen LogP contribution in [0, 0.1) is 0 Å². The first-order valence-corrected chi connectivity index (χ1v) is 6.32. The van der Waals surface area contributed by atoms with Gasteiger partial charge < -0.3 is 0 Å². The number of fused-ring (bicyclic) bond motifs is 3. The van der Waals surface area contributed by atoms with Gasteiger partial charge in [0, 0.05) is 5.54 Å². The Morgan fingerprint density at radius 2 is 1.58 bits per heavy atom. The number of carbonyl (C=O) groups is 2. The highest BCUT2D eigenvalue weighted by Crippen LogP contribution is 2.33. The van der Waals surface area contributed by atoms with Gasteiger partial charge in [-0.25, -0.2) is 0 Å². The number of nitrogens with zero attached hydrogens (tertiary/aromatic N) is 1. The highest BCUT2D eigenvalue weighted by molar-refractivity contribution is 6.26. The monoisotopic (exact) mass is 253 g/mol. The SMILES string of the molecule is CC(C)(C)N1C(=O)c2ccc3ccccc3c2C1=O. The standard InChI is InChI=1S/C16H15NO2/c1-16(2,3)17-14(18)12-9-8-10-6-4-5-7-11(10)13(12)15(17)19/h4-9H,1-3H3. The van der Waals surface area contributed by atoms with Crippen LogP contribution in [-0.4, -0.2) is 22.3 Å². The summed E-state index contributed by atoms with van der Waals surface area (Å²) in [6.07, 6.45) is 0. The lowest BCUT2D eigenvalue weighted by molar-refractivity contribution is 0.0508. The molecule has 0 fully saturated rings. The second-order valence-electron chi connectivity index (χ2n) is 5.83. The second-order valence-corrected chi connectivity index (χ2v) is 5.83. The highest BCUT2D eigenvalue weighted by atomic mass is 16.2. The van der Waals surface area contributed by atoms with Gasteiger partial charge in [-0.1, -0.05) is 30.3 Å². The van der Waals surface area contributed by atoms with E-state index in [1.54, 1.807) is 6.07 Å². The number of carbonyl (C=O) groups excluding carboxylic acids is 2. The molecule has 1 aliphatic heterocycles. The van der Waals surface area contributed by atoms with Gasteiger partial charge in [0.05, 0.1) is 11.1 Å². The fourth-order valence-electron chi connectivity index (χ4n) is 2.61. The van der Waals surface area contributed by atoms with Crippen LogP contribution >= 0.6 is 0 Å². The van der Waals surface area contributed by atoms with E-state index in [0.29, 0.717) is 11.1 Å². The van der Waals surface area contributed by atoms with E-state index in [4.69, 9.17) is 0 Å². The summed E-state index contributed by atoms with van der Waals surface area (Å²) in [6.45, 7) is 5.62. The Balaban J connectivity index is 2.31. The van der Waals surface area contributed by atoms with Gasteiger partial charge in [0.25, 0.3) is 11.8 Å². The van der Waals surface area contributed by atoms with Gasteiger partial charge >= 0.3 is 0 Å². The first-order chi connectivity index (χ1) is 8.91. The Morgan fingerprint density at radius 1 is 0.895 bits per heavy atom. The third-order valence-corrected chi connectivity index (χ3v) is 3.45. The second kappa shape index (κ2) is 3.67. The third kappa shape index (κ3) is 1.58. The number of hydrogen-bond donors (Lipinski definition) is 0. The maximum absolute atomic E-state index is 12.6. The van der Waals surface area contributed by atoms with Gasteiger partial charge in [-0.05, 0) is 37.6 Å². The summed E-state index contributed by atoms with van der Waals surface area (Å²) in [6, 6.07) is 11.3. The van der Waals surface area contributed by atoms with Gasteiger partial charge in [-0.2, -0.15) is 0 Å². The van der Waals surface area contributed by atoms with Crippen LogP contribution in [0.2, 0.25) is 0 Å². The smallest absolute Gasteiger partial charge is 0.262 e. The molecule has 3 rings (SSSR count). The zero-order chi connectivity index (χ0) is 13.8. The van der Waals surface area contributed by atoms with Crippen molar-refractivity contribution in [1.29, 1.82) is 0 Å². The predicted octanol–water partition coefficient (Wildman–Crippen LogP) is 3.23. The van der Waals surface area contributed by atoms with Gasteiger partial charge in [0.1, 0.15) is 0 Å². The molecule has 3 nitrogen and oxygen atoms in total. The number of hydrogen-bond acceptors (Lipinski definition) is 2. The normalized spacial score (nSPS) is 15.2. The van der Waals surface area contributed by atoms with Crippen molar-refractivity contribution in [3.05, 3.63) is 47.5 Å². The number of benzene rings is 2. The Labute approximate surface area is 111 Å². The summed E-state index contributed by atoms with van der Waals surface area (Å²) >= 11 is 0. The van der Waals surface area contributed by atoms with Crippen LogP contribution in [0.4, 0.5) is 0 Å². The van der Waals surface area contributed by atoms with E-state index < -0.39 is 5.54 Å². The predicted molar refractivity (Wildman–Crippen MR) is 74.2 cm³/mol. The summed E-state index contributed by atoms with van der Waals surface area (Å²) in [5.41, 5.74) is 0.547. The average Bonchev–Trinajstić information content (AvgIpc) is 2.61. The van der Waals surface area contributed by atoms with Gasteiger partial charge in [-0.3, -0.25) is 14.5 Å². The van der Waals surface area contributed by atoms with Crippen molar-refractivity contribution < 1.29 is 9.59 Å². The van der Waals surface area contributed by atoms with Crippen molar-refractivity contribution in [2.45, 2.75) is 26.3 Å². The summed E-state index contributed by atoms with van der Waals surface area (Å²) in [7, 11) is 0. The average molecular weight is 253 g/mol. The van der Waals surface area contributed by atoms with Gasteiger partial charge in [0.2, 0.25) is 0 Å². The molecule has 0 radical (unpaired) electrons. The van der Waals surface area contributed by atoms with E-state index in [1.165, 1.54) is 4.90 Å². The van der Waals surface area contributed by atoms with E-state index >= 15 is 0 Å². The lowest BCUT2D eigenvalue weighted by atomic mass is 10.0. The Hall–Kier alpha value is -2.16. The minimum Gasteiger partial charge on any atom is -0.269 e. The number of amides is 2. The van der Waals surface area contributed by atoms with E-state index in [9.17, 15) is 9.59 Å². The van der Waals surface area contributed by atoms with Crippen LogP contribution in [-0.2, 0) is 0 Å². The van der Waals surface area contributed by atoms with Crippen LogP contribution in [0.3, 0.4) is 0 Å². The molecule has 19 heavy (non-hydrogen) atoms. The van der Waals surface area contributed by atoms with Crippen LogP contribution in [0.1, 0.15) is 41.5 Å². The van der Waals surface area contributed by atoms with E-state index in [0.717, 1.165) is 10.8 Å². The third-order valence-electron chi connectivity index (χ3n) is 3.45. The van der Waals surface area contributed by atoms with Crippen LogP contribution < -0.4 is 0 Å². The molecule has 0 aromatic heterocycles. The molecule has 3 heteroatoms. The van der Waals surface area contributed by atoms with Crippen molar-refractivity contribution in [2.75, 3.05) is 0 Å². The molecule has 0 bridgehead atoms. The molecule has 0 aliphatic carbocycles.